The van der Waals surface area contributed by atoms with Crippen LogP contribution in [0.15, 0.2) is 47.4 Å². The first kappa shape index (κ1) is 14.9. The number of aromatic nitrogens is 4. The Morgan fingerprint density at radius 3 is 2.85 bits per heavy atom. The van der Waals surface area contributed by atoms with Crippen molar-refractivity contribution in [2.75, 3.05) is 29.4 Å². The number of para-hydroxylation sites is 1. The van der Waals surface area contributed by atoms with Crippen LogP contribution in [0.3, 0.4) is 0 Å². The topological polar surface area (TPSA) is 80.3 Å². The van der Waals surface area contributed by atoms with Crippen LogP contribution in [-0.4, -0.2) is 45.3 Å². The maximum Gasteiger partial charge on any atom is 0.246 e. The van der Waals surface area contributed by atoms with Gasteiger partial charge in [-0.1, -0.05) is 12.1 Å². The summed E-state index contributed by atoms with van der Waals surface area (Å²) in [6.07, 6.45) is 5.07. The van der Waals surface area contributed by atoms with Crippen LogP contribution in [0.5, 0.6) is 0 Å². The van der Waals surface area contributed by atoms with Gasteiger partial charge in [-0.2, -0.15) is 5.10 Å². The second-order valence-electron chi connectivity index (χ2n) is 6.31. The largest absolute Gasteiger partial charge is 0.450 e. The van der Waals surface area contributed by atoms with Gasteiger partial charge in [0.05, 0.1) is 18.4 Å². The van der Waals surface area contributed by atoms with Gasteiger partial charge in [0, 0.05) is 31.7 Å². The molecule has 0 bridgehead atoms. The van der Waals surface area contributed by atoms with E-state index in [9.17, 15) is 4.79 Å². The van der Waals surface area contributed by atoms with E-state index in [0.29, 0.717) is 24.5 Å². The molecule has 0 saturated carbocycles. The zero-order valence-electron chi connectivity index (χ0n) is 14.2. The van der Waals surface area contributed by atoms with Gasteiger partial charge >= 0.3 is 0 Å². The quantitative estimate of drug-likeness (QED) is 0.551. The fraction of sp³-hybridized carbons (Fsp3) is 0.222. The normalized spacial score (nSPS) is 15.3. The Bertz CT molecular complexity index is 1130. The van der Waals surface area contributed by atoms with Crippen LogP contribution in [0, 0.1) is 0 Å². The molecule has 0 atom stereocenters. The van der Waals surface area contributed by atoms with Gasteiger partial charge in [0.15, 0.2) is 11.4 Å². The van der Waals surface area contributed by atoms with Crippen molar-refractivity contribution < 1.29 is 9.21 Å². The highest BCUT2D eigenvalue weighted by molar-refractivity contribution is 6.06. The van der Waals surface area contributed by atoms with Crippen molar-refractivity contribution in [3.63, 3.8) is 0 Å². The monoisotopic (exact) mass is 348 g/mol. The van der Waals surface area contributed by atoms with Crippen molar-refractivity contribution in [3.05, 3.63) is 43.0 Å². The van der Waals surface area contributed by atoms with Crippen molar-refractivity contribution in [2.24, 2.45) is 7.05 Å². The molecule has 1 fully saturated rings. The number of benzene rings is 1. The lowest BCUT2D eigenvalue weighted by molar-refractivity contribution is -0.117. The summed E-state index contributed by atoms with van der Waals surface area (Å²) >= 11 is 0. The molecule has 1 aromatic carbocycles. The fourth-order valence-electron chi connectivity index (χ4n) is 3.41. The van der Waals surface area contributed by atoms with E-state index in [-0.39, 0.29) is 12.5 Å². The fourth-order valence-corrected chi connectivity index (χ4v) is 3.41. The number of amides is 1. The molecule has 3 aromatic heterocycles. The number of hydrogen-bond donors (Lipinski definition) is 0. The van der Waals surface area contributed by atoms with Gasteiger partial charge in [0.25, 0.3) is 0 Å². The molecule has 130 valence electrons. The number of carbonyl (C=O) groups excluding carboxylic acids is 1. The number of rotatable bonds is 2. The number of furan rings is 1. The third-order valence-electron chi connectivity index (χ3n) is 4.66. The predicted molar refractivity (Wildman–Crippen MR) is 97.1 cm³/mol. The summed E-state index contributed by atoms with van der Waals surface area (Å²) in [5, 5.41) is 5.09. The summed E-state index contributed by atoms with van der Waals surface area (Å²) in [6.45, 7) is 1.46. The Labute approximate surface area is 148 Å². The molecule has 1 aliphatic heterocycles. The number of hydrogen-bond acceptors (Lipinski definition) is 6. The van der Waals surface area contributed by atoms with E-state index in [1.54, 1.807) is 15.8 Å². The molecule has 4 heterocycles. The van der Waals surface area contributed by atoms with Crippen molar-refractivity contribution in [3.8, 4) is 0 Å². The Kier molecular flexibility index (Phi) is 3.18. The summed E-state index contributed by atoms with van der Waals surface area (Å²) in [7, 11) is 1.84. The molecule has 0 N–H and O–H groups in total. The number of nitrogens with zero attached hydrogens (tertiary/aromatic N) is 6. The van der Waals surface area contributed by atoms with Crippen LogP contribution >= 0.6 is 0 Å². The Morgan fingerprint density at radius 1 is 1.15 bits per heavy atom. The van der Waals surface area contributed by atoms with Gasteiger partial charge in [-0.05, 0) is 12.1 Å². The zero-order valence-corrected chi connectivity index (χ0v) is 14.2. The summed E-state index contributed by atoms with van der Waals surface area (Å²) in [4.78, 5) is 25.1. The summed E-state index contributed by atoms with van der Waals surface area (Å²) in [5.74, 6) is 0.664. The molecule has 8 heteroatoms. The van der Waals surface area contributed by atoms with E-state index in [2.05, 4.69) is 15.1 Å². The number of carbonyl (C=O) groups is 1. The molecule has 26 heavy (non-hydrogen) atoms. The van der Waals surface area contributed by atoms with Gasteiger partial charge in [0.2, 0.25) is 5.91 Å². The summed E-state index contributed by atoms with van der Waals surface area (Å²) in [5.41, 5.74) is 2.97. The van der Waals surface area contributed by atoms with Gasteiger partial charge in [0.1, 0.15) is 17.4 Å². The van der Waals surface area contributed by atoms with Crippen molar-refractivity contribution in [2.45, 2.75) is 0 Å². The Hall–Kier alpha value is -3.42. The smallest absolute Gasteiger partial charge is 0.246 e. The first-order chi connectivity index (χ1) is 12.7. The van der Waals surface area contributed by atoms with Crippen LogP contribution in [-0.2, 0) is 11.8 Å². The molecular formula is C18H16N6O2. The van der Waals surface area contributed by atoms with Crippen LogP contribution in [0.1, 0.15) is 0 Å². The molecule has 0 radical (unpaired) electrons. The van der Waals surface area contributed by atoms with E-state index in [4.69, 9.17) is 4.42 Å². The standard InChI is InChI=1S/C18H16N6O2/c1-22-9-12(8-21-22)24-7-6-23(10-15(24)25)18-17-16(19-11-20-18)13-4-2-3-5-14(13)26-17/h2-5,8-9,11H,6-7,10H2,1H3. The Morgan fingerprint density at radius 2 is 2.04 bits per heavy atom. The molecule has 0 spiro atoms. The van der Waals surface area contributed by atoms with Crippen molar-refractivity contribution in [1.29, 1.82) is 0 Å². The van der Waals surface area contributed by atoms with E-state index >= 15 is 0 Å². The lowest BCUT2D eigenvalue weighted by atomic mass is 10.2. The lowest BCUT2D eigenvalue weighted by Crippen LogP contribution is -2.50. The SMILES string of the molecule is Cn1cc(N2CCN(c3ncnc4c3oc3ccccc34)CC2=O)cn1. The molecular weight excluding hydrogens is 332 g/mol. The minimum Gasteiger partial charge on any atom is -0.450 e. The van der Waals surface area contributed by atoms with Gasteiger partial charge < -0.3 is 14.2 Å². The summed E-state index contributed by atoms with van der Waals surface area (Å²) in [6, 6.07) is 7.76. The van der Waals surface area contributed by atoms with Gasteiger partial charge in [-0.15, -0.1) is 0 Å². The van der Waals surface area contributed by atoms with Crippen molar-refractivity contribution >= 4 is 39.5 Å². The van der Waals surface area contributed by atoms with Gasteiger partial charge in [-0.25, -0.2) is 9.97 Å². The molecule has 1 amide bonds. The molecule has 1 aliphatic rings. The lowest BCUT2D eigenvalue weighted by Gasteiger charge is -2.34. The Balaban J connectivity index is 1.50. The number of aryl methyl sites for hydroxylation is 1. The van der Waals surface area contributed by atoms with E-state index < -0.39 is 0 Å². The van der Waals surface area contributed by atoms with Gasteiger partial charge in [-0.3, -0.25) is 9.48 Å². The molecule has 5 rings (SSSR count). The van der Waals surface area contributed by atoms with E-state index in [1.807, 2.05) is 42.4 Å². The van der Waals surface area contributed by atoms with Crippen LogP contribution in [0.4, 0.5) is 11.5 Å². The second kappa shape index (κ2) is 5.55. The molecule has 0 aliphatic carbocycles. The second-order valence-corrected chi connectivity index (χ2v) is 6.31. The zero-order chi connectivity index (χ0) is 17.7. The third-order valence-corrected chi connectivity index (χ3v) is 4.66. The molecule has 1 saturated heterocycles. The average Bonchev–Trinajstić information content (AvgIpc) is 3.25. The highest BCUT2D eigenvalue weighted by Crippen LogP contribution is 2.32. The maximum atomic E-state index is 12.7. The molecule has 8 nitrogen and oxygen atoms in total. The molecule has 4 aromatic rings. The van der Waals surface area contributed by atoms with Crippen LogP contribution in [0.2, 0.25) is 0 Å². The first-order valence-corrected chi connectivity index (χ1v) is 8.37. The third kappa shape index (κ3) is 2.22. The van der Waals surface area contributed by atoms with Crippen molar-refractivity contribution in [1.82, 2.24) is 19.7 Å². The summed E-state index contributed by atoms with van der Waals surface area (Å²) < 4.78 is 7.67. The van der Waals surface area contributed by atoms with E-state index in [1.165, 1.54) is 6.33 Å². The minimum absolute atomic E-state index is 0.00660. The highest BCUT2D eigenvalue weighted by atomic mass is 16.3. The van der Waals surface area contributed by atoms with Crippen LogP contribution in [0.25, 0.3) is 22.1 Å². The first-order valence-electron chi connectivity index (χ1n) is 8.37. The average molecular weight is 348 g/mol. The number of fused-ring (bicyclic) bond motifs is 3. The minimum atomic E-state index is 0.00660. The highest BCUT2D eigenvalue weighted by Gasteiger charge is 2.28. The molecule has 0 unspecified atom stereocenters. The predicted octanol–water partition coefficient (Wildman–Crippen LogP) is 1.96. The maximum absolute atomic E-state index is 12.7. The van der Waals surface area contributed by atoms with E-state index in [0.717, 1.165) is 22.2 Å². The number of anilines is 2. The number of piperazine rings is 1. The van der Waals surface area contributed by atoms with Crippen LogP contribution < -0.4 is 9.80 Å².